The Morgan fingerprint density at radius 3 is 1.96 bits per heavy atom. The Bertz CT molecular complexity index is 925. The lowest BCUT2D eigenvalue weighted by Crippen LogP contribution is -2.09. The van der Waals surface area contributed by atoms with Crippen LogP contribution in [-0.2, 0) is 0 Å². The second-order valence-corrected chi connectivity index (χ2v) is 6.15. The molecule has 0 spiro atoms. The molecular weight excluding hydrogens is 328 g/mol. The number of ether oxygens (including phenoxy) is 2. The third-order valence-electron chi connectivity index (χ3n) is 4.32. The number of hydrogen-bond donors (Lipinski definition) is 1. The lowest BCUT2D eigenvalue weighted by molar-refractivity contribution is 0.415. The SMILES string of the molecule is COc1ccccc1-c1nnc(NC2CC2)nc1-c1ccccc1OC. The summed E-state index contributed by atoms with van der Waals surface area (Å²) in [6, 6.07) is 16.0. The molecule has 4 rings (SSSR count). The van der Waals surface area contributed by atoms with Crippen molar-refractivity contribution in [2.24, 2.45) is 0 Å². The Kier molecular flexibility index (Phi) is 4.39. The third-order valence-corrected chi connectivity index (χ3v) is 4.32. The second kappa shape index (κ2) is 7.00. The van der Waals surface area contributed by atoms with Crippen molar-refractivity contribution in [2.45, 2.75) is 18.9 Å². The molecule has 1 aliphatic carbocycles. The van der Waals surface area contributed by atoms with Gasteiger partial charge >= 0.3 is 0 Å². The van der Waals surface area contributed by atoms with E-state index in [2.05, 4.69) is 15.5 Å². The molecule has 1 aliphatic rings. The van der Waals surface area contributed by atoms with Crippen LogP contribution in [0, 0.1) is 0 Å². The van der Waals surface area contributed by atoms with Crippen molar-refractivity contribution in [2.75, 3.05) is 19.5 Å². The molecule has 26 heavy (non-hydrogen) atoms. The quantitative estimate of drug-likeness (QED) is 0.731. The summed E-state index contributed by atoms with van der Waals surface area (Å²) in [6.07, 6.45) is 2.28. The minimum atomic E-state index is 0.444. The van der Waals surface area contributed by atoms with Crippen molar-refractivity contribution in [1.29, 1.82) is 0 Å². The molecule has 1 N–H and O–H groups in total. The number of anilines is 1. The summed E-state index contributed by atoms with van der Waals surface area (Å²) in [5, 5.41) is 12.1. The van der Waals surface area contributed by atoms with E-state index in [1.165, 1.54) is 0 Å². The molecule has 3 aromatic rings. The molecule has 1 heterocycles. The van der Waals surface area contributed by atoms with Gasteiger partial charge in [-0.1, -0.05) is 24.3 Å². The van der Waals surface area contributed by atoms with Gasteiger partial charge in [0.2, 0.25) is 5.95 Å². The topological polar surface area (TPSA) is 69.2 Å². The highest BCUT2D eigenvalue weighted by Crippen LogP contribution is 2.38. The van der Waals surface area contributed by atoms with Gasteiger partial charge in [-0.25, -0.2) is 4.98 Å². The first-order chi connectivity index (χ1) is 12.8. The Morgan fingerprint density at radius 2 is 1.38 bits per heavy atom. The van der Waals surface area contributed by atoms with Gasteiger partial charge in [0.15, 0.2) is 0 Å². The van der Waals surface area contributed by atoms with E-state index in [9.17, 15) is 0 Å². The van der Waals surface area contributed by atoms with Crippen molar-refractivity contribution in [3.8, 4) is 34.0 Å². The summed E-state index contributed by atoms with van der Waals surface area (Å²) < 4.78 is 11.1. The summed E-state index contributed by atoms with van der Waals surface area (Å²) >= 11 is 0. The second-order valence-electron chi connectivity index (χ2n) is 6.15. The maximum absolute atomic E-state index is 5.54. The normalized spacial score (nSPS) is 13.3. The van der Waals surface area contributed by atoms with E-state index in [1.807, 2.05) is 48.5 Å². The summed E-state index contributed by atoms with van der Waals surface area (Å²) in [4.78, 5) is 4.76. The third kappa shape index (κ3) is 3.18. The fourth-order valence-corrected chi connectivity index (χ4v) is 2.85. The number of methoxy groups -OCH3 is 2. The van der Waals surface area contributed by atoms with E-state index in [4.69, 9.17) is 14.5 Å². The minimum absolute atomic E-state index is 0.444. The van der Waals surface area contributed by atoms with E-state index < -0.39 is 0 Å². The van der Waals surface area contributed by atoms with Crippen LogP contribution in [0.2, 0.25) is 0 Å². The Labute approximate surface area is 152 Å². The van der Waals surface area contributed by atoms with Gasteiger partial charge in [0.25, 0.3) is 0 Å². The molecule has 1 saturated carbocycles. The number of benzene rings is 2. The first-order valence-corrected chi connectivity index (χ1v) is 8.58. The van der Waals surface area contributed by atoms with Crippen LogP contribution >= 0.6 is 0 Å². The lowest BCUT2D eigenvalue weighted by Gasteiger charge is -2.14. The van der Waals surface area contributed by atoms with Crippen LogP contribution in [0.3, 0.4) is 0 Å². The number of nitrogens with one attached hydrogen (secondary N) is 1. The molecule has 1 aromatic heterocycles. The molecule has 0 atom stereocenters. The van der Waals surface area contributed by atoms with Gasteiger partial charge in [-0.15, -0.1) is 10.2 Å². The van der Waals surface area contributed by atoms with Crippen LogP contribution in [0.1, 0.15) is 12.8 Å². The van der Waals surface area contributed by atoms with E-state index in [1.54, 1.807) is 14.2 Å². The summed E-state index contributed by atoms with van der Waals surface area (Å²) in [5.74, 6) is 2.00. The predicted octanol–water partition coefficient (Wildman–Crippen LogP) is 3.80. The molecule has 2 aromatic carbocycles. The van der Waals surface area contributed by atoms with Crippen molar-refractivity contribution in [3.05, 3.63) is 48.5 Å². The zero-order valence-corrected chi connectivity index (χ0v) is 14.8. The van der Waals surface area contributed by atoms with Crippen LogP contribution in [0.25, 0.3) is 22.5 Å². The molecule has 0 radical (unpaired) electrons. The highest BCUT2D eigenvalue weighted by atomic mass is 16.5. The van der Waals surface area contributed by atoms with Crippen molar-refractivity contribution in [1.82, 2.24) is 15.2 Å². The monoisotopic (exact) mass is 348 g/mol. The number of para-hydroxylation sites is 2. The molecule has 132 valence electrons. The Balaban J connectivity index is 1.90. The van der Waals surface area contributed by atoms with E-state index in [0.717, 1.165) is 35.5 Å². The average Bonchev–Trinajstić information content (AvgIpc) is 3.52. The summed E-state index contributed by atoms with van der Waals surface area (Å²) in [5.41, 5.74) is 3.08. The largest absolute Gasteiger partial charge is 0.496 e. The molecule has 0 aliphatic heterocycles. The molecular formula is C20H20N4O2. The number of rotatable bonds is 6. The fourth-order valence-electron chi connectivity index (χ4n) is 2.85. The Morgan fingerprint density at radius 1 is 0.808 bits per heavy atom. The zero-order chi connectivity index (χ0) is 17.9. The van der Waals surface area contributed by atoms with Crippen molar-refractivity contribution < 1.29 is 9.47 Å². The minimum Gasteiger partial charge on any atom is -0.496 e. The fraction of sp³-hybridized carbons (Fsp3) is 0.250. The lowest BCUT2D eigenvalue weighted by atomic mass is 10.0. The molecule has 0 saturated heterocycles. The maximum Gasteiger partial charge on any atom is 0.243 e. The van der Waals surface area contributed by atoms with Gasteiger partial charge in [0.1, 0.15) is 22.9 Å². The number of aromatic nitrogens is 3. The molecule has 0 unspecified atom stereocenters. The summed E-state index contributed by atoms with van der Waals surface area (Å²) in [6.45, 7) is 0. The van der Waals surface area contributed by atoms with Crippen molar-refractivity contribution in [3.63, 3.8) is 0 Å². The molecule has 0 bridgehead atoms. The maximum atomic E-state index is 5.54. The van der Waals surface area contributed by atoms with E-state index >= 15 is 0 Å². The smallest absolute Gasteiger partial charge is 0.243 e. The van der Waals surface area contributed by atoms with Crippen LogP contribution in [0.15, 0.2) is 48.5 Å². The molecule has 1 fully saturated rings. The Hall–Kier alpha value is -3.15. The van der Waals surface area contributed by atoms with E-state index in [0.29, 0.717) is 23.4 Å². The van der Waals surface area contributed by atoms with Crippen LogP contribution in [0.5, 0.6) is 11.5 Å². The van der Waals surface area contributed by atoms with Gasteiger partial charge in [-0.3, -0.25) is 0 Å². The zero-order valence-electron chi connectivity index (χ0n) is 14.8. The van der Waals surface area contributed by atoms with Gasteiger partial charge in [-0.05, 0) is 37.1 Å². The summed E-state index contributed by atoms with van der Waals surface area (Å²) in [7, 11) is 3.30. The van der Waals surface area contributed by atoms with Crippen molar-refractivity contribution >= 4 is 5.95 Å². The van der Waals surface area contributed by atoms with Crippen LogP contribution in [-0.4, -0.2) is 35.4 Å². The standard InChI is InChI=1S/C20H20N4O2/c1-25-16-9-5-3-7-14(16)18-19(15-8-4-6-10-17(15)26-2)23-24-20(22-18)21-13-11-12-13/h3-10,13H,11-12H2,1-2H3,(H,21,22,24). The van der Waals surface area contributed by atoms with Crippen LogP contribution < -0.4 is 14.8 Å². The highest BCUT2D eigenvalue weighted by Gasteiger charge is 2.24. The predicted molar refractivity (Wildman–Crippen MR) is 100 cm³/mol. The first-order valence-electron chi connectivity index (χ1n) is 8.58. The van der Waals surface area contributed by atoms with Gasteiger partial charge in [0.05, 0.1) is 14.2 Å². The first kappa shape index (κ1) is 16.3. The van der Waals surface area contributed by atoms with Gasteiger partial charge < -0.3 is 14.8 Å². The number of nitrogens with zero attached hydrogens (tertiary/aromatic N) is 3. The van der Waals surface area contributed by atoms with E-state index in [-0.39, 0.29) is 0 Å². The molecule has 0 amide bonds. The molecule has 6 heteroatoms. The number of hydrogen-bond acceptors (Lipinski definition) is 6. The average molecular weight is 348 g/mol. The van der Waals surface area contributed by atoms with Gasteiger partial charge in [-0.2, -0.15) is 0 Å². The highest BCUT2D eigenvalue weighted by molar-refractivity contribution is 5.83. The molecule has 6 nitrogen and oxygen atoms in total. The van der Waals surface area contributed by atoms with Crippen LogP contribution in [0.4, 0.5) is 5.95 Å². The van der Waals surface area contributed by atoms with Gasteiger partial charge in [0, 0.05) is 17.2 Å².